The average Bonchev–Trinajstić information content (AvgIpc) is 2.73. The van der Waals surface area contributed by atoms with Crippen LogP contribution in [-0.2, 0) is 11.2 Å². The van der Waals surface area contributed by atoms with Crippen molar-refractivity contribution in [2.45, 2.75) is 12.5 Å². The monoisotopic (exact) mass is 374 g/mol. The molecule has 4 nitrogen and oxygen atoms in total. The van der Waals surface area contributed by atoms with E-state index in [2.05, 4.69) is 5.32 Å². The van der Waals surface area contributed by atoms with Gasteiger partial charge in [-0.15, -0.1) is 0 Å². The Morgan fingerprint density at radius 2 is 1.46 bits per heavy atom. The molecule has 2 N–H and O–H groups in total. The van der Waals surface area contributed by atoms with Crippen LogP contribution >= 0.6 is 0 Å². The minimum absolute atomic E-state index is 0.341. The van der Waals surface area contributed by atoms with Crippen molar-refractivity contribution in [3.05, 3.63) is 102 Å². The number of hydrogen-bond donors (Lipinski definition) is 2. The Labute approximate surface area is 162 Å². The molecular formula is C23H19FN2O2. The highest BCUT2D eigenvalue weighted by Crippen LogP contribution is 2.22. The Hall–Kier alpha value is -3.44. The maximum absolute atomic E-state index is 13.2. The average molecular weight is 374 g/mol. The first-order valence-corrected chi connectivity index (χ1v) is 9.01. The summed E-state index contributed by atoms with van der Waals surface area (Å²) in [6, 6.07) is 23.3. The zero-order valence-electron chi connectivity index (χ0n) is 15.0. The minimum Gasteiger partial charge on any atom is -0.372 e. The number of rotatable bonds is 4. The molecule has 0 fully saturated rings. The highest BCUT2D eigenvalue weighted by Gasteiger charge is 2.28. The van der Waals surface area contributed by atoms with Crippen LogP contribution in [-0.4, -0.2) is 22.2 Å². The van der Waals surface area contributed by atoms with Gasteiger partial charge >= 0.3 is 0 Å². The Morgan fingerprint density at radius 3 is 2.14 bits per heavy atom. The maximum Gasteiger partial charge on any atom is 0.272 e. The van der Waals surface area contributed by atoms with Gasteiger partial charge in [-0.2, -0.15) is 5.06 Å². The van der Waals surface area contributed by atoms with Gasteiger partial charge in [0, 0.05) is 6.42 Å². The molecule has 1 aliphatic rings. The number of benzene rings is 3. The SMILES string of the molecule is O=C1C(Cc2ccc(-c3ccccc3)cc2)NC(c2ccc(F)cc2)=CN1O. The van der Waals surface area contributed by atoms with Crippen LogP contribution in [0.4, 0.5) is 4.39 Å². The van der Waals surface area contributed by atoms with Crippen molar-refractivity contribution in [1.82, 2.24) is 10.4 Å². The number of carbonyl (C=O) groups excluding carboxylic acids is 1. The second kappa shape index (κ2) is 7.66. The molecule has 1 heterocycles. The summed E-state index contributed by atoms with van der Waals surface area (Å²) in [4.78, 5) is 12.4. The lowest BCUT2D eigenvalue weighted by molar-refractivity contribution is -0.157. The molecule has 3 aromatic rings. The van der Waals surface area contributed by atoms with Gasteiger partial charge in [0.15, 0.2) is 0 Å². The molecule has 1 atom stereocenters. The molecule has 4 rings (SSSR count). The van der Waals surface area contributed by atoms with E-state index in [4.69, 9.17) is 0 Å². The fourth-order valence-electron chi connectivity index (χ4n) is 3.26. The van der Waals surface area contributed by atoms with Crippen molar-refractivity contribution in [1.29, 1.82) is 0 Å². The van der Waals surface area contributed by atoms with Gasteiger partial charge in [0.1, 0.15) is 11.9 Å². The van der Waals surface area contributed by atoms with Crippen molar-refractivity contribution < 1.29 is 14.4 Å². The molecule has 0 bridgehead atoms. The molecule has 0 radical (unpaired) electrons. The van der Waals surface area contributed by atoms with Crippen LogP contribution in [0.1, 0.15) is 11.1 Å². The lowest BCUT2D eigenvalue weighted by atomic mass is 9.99. The third-order valence-corrected chi connectivity index (χ3v) is 4.76. The van der Waals surface area contributed by atoms with Crippen LogP contribution in [0.5, 0.6) is 0 Å². The summed E-state index contributed by atoms with van der Waals surface area (Å²) in [5.74, 6) is -0.773. The molecule has 1 unspecified atom stereocenters. The second-order valence-electron chi connectivity index (χ2n) is 6.70. The number of hydroxylamine groups is 2. The van der Waals surface area contributed by atoms with Gasteiger partial charge in [-0.05, 0) is 46.5 Å². The molecule has 28 heavy (non-hydrogen) atoms. The van der Waals surface area contributed by atoms with Gasteiger partial charge in [0.05, 0.1) is 11.9 Å². The smallest absolute Gasteiger partial charge is 0.272 e. The van der Waals surface area contributed by atoms with Crippen LogP contribution < -0.4 is 5.32 Å². The zero-order chi connectivity index (χ0) is 19.5. The Kier molecular flexibility index (Phi) is 4.91. The van der Waals surface area contributed by atoms with E-state index in [1.807, 2.05) is 54.6 Å². The number of nitrogens with zero attached hydrogens (tertiary/aromatic N) is 1. The zero-order valence-corrected chi connectivity index (χ0v) is 15.0. The predicted molar refractivity (Wildman–Crippen MR) is 106 cm³/mol. The van der Waals surface area contributed by atoms with Gasteiger partial charge in [0.25, 0.3) is 5.91 Å². The standard InChI is InChI=1S/C23H19FN2O2/c24-20-12-10-19(11-13-20)22-15-26(28)23(27)21(25-22)14-16-6-8-18(9-7-16)17-4-2-1-3-5-17/h1-13,15,21,25,28H,14H2. The van der Waals surface area contributed by atoms with E-state index in [1.54, 1.807) is 12.1 Å². The highest BCUT2D eigenvalue weighted by atomic mass is 19.1. The number of amides is 1. The predicted octanol–water partition coefficient (Wildman–Crippen LogP) is 4.22. The lowest BCUT2D eigenvalue weighted by Crippen LogP contribution is -2.48. The number of halogens is 1. The number of nitrogens with one attached hydrogen (secondary N) is 1. The van der Waals surface area contributed by atoms with Crippen LogP contribution in [0.2, 0.25) is 0 Å². The van der Waals surface area contributed by atoms with E-state index in [0.29, 0.717) is 22.7 Å². The molecule has 0 spiro atoms. The van der Waals surface area contributed by atoms with E-state index in [1.165, 1.54) is 18.3 Å². The van der Waals surface area contributed by atoms with E-state index < -0.39 is 11.9 Å². The van der Waals surface area contributed by atoms with E-state index >= 15 is 0 Å². The molecule has 0 saturated carbocycles. The van der Waals surface area contributed by atoms with E-state index in [9.17, 15) is 14.4 Å². The third kappa shape index (κ3) is 3.80. The Bertz CT molecular complexity index is 999. The topological polar surface area (TPSA) is 52.6 Å². The summed E-state index contributed by atoms with van der Waals surface area (Å²) in [6.07, 6.45) is 1.73. The highest BCUT2D eigenvalue weighted by molar-refractivity contribution is 5.87. The molecule has 0 aromatic heterocycles. The molecule has 0 saturated heterocycles. The van der Waals surface area contributed by atoms with Crippen LogP contribution in [0.25, 0.3) is 16.8 Å². The molecular weight excluding hydrogens is 355 g/mol. The fourth-order valence-corrected chi connectivity index (χ4v) is 3.26. The molecule has 3 aromatic carbocycles. The van der Waals surface area contributed by atoms with Gasteiger partial charge in [-0.1, -0.05) is 54.6 Å². The first-order valence-electron chi connectivity index (χ1n) is 9.01. The quantitative estimate of drug-likeness (QED) is 0.672. The van der Waals surface area contributed by atoms with Gasteiger partial charge in [-0.3, -0.25) is 10.0 Å². The molecule has 1 amide bonds. The van der Waals surface area contributed by atoms with E-state index in [-0.39, 0.29) is 5.82 Å². The fraction of sp³-hybridized carbons (Fsp3) is 0.0870. The van der Waals surface area contributed by atoms with Crippen molar-refractivity contribution in [2.24, 2.45) is 0 Å². The van der Waals surface area contributed by atoms with Crippen LogP contribution in [0, 0.1) is 5.82 Å². The van der Waals surface area contributed by atoms with Crippen molar-refractivity contribution in [2.75, 3.05) is 0 Å². The van der Waals surface area contributed by atoms with Crippen LogP contribution in [0.3, 0.4) is 0 Å². The summed E-state index contributed by atoms with van der Waals surface area (Å²) < 4.78 is 13.2. The summed E-state index contributed by atoms with van der Waals surface area (Å²) >= 11 is 0. The van der Waals surface area contributed by atoms with Crippen LogP contribution in [0.15, 0.2) is 85.1 Å². The third-order valence-electron chi connectivity index (χ3n) is 4.76. The molecule has 0 aliphatic carbocycles. The van der Waals surface area contributed by atoms with Gasteiger partial charge in [0.2, 0.25) is 0 Å². The minimum atomic E-state index is -0.613. The largest absolute Gasteiger partial charge is 0.372 e. The Morgan fingerprint density at radius 1 is 0.857 bits per heavy atom. The first kappa shape index (κ1) is 17.9. The lowest BCUT2D eigenvalue weighted by Gasteiger charge is -2.29. The maximum atomic E-state index is 13.2. The molecule has 1 aliphatic heterocycles. The molecule has 140 valence electrons. The number of carbonyl (C=O) groups is 1. The summed E-state index contributed by atoms with van der Waals surface area (Å²) in [5, 5.41) is 13.7. The van der Waals surface area contributed by atoms with Gasteiger partial charge < -0.3 is 5.32 Å². The normalized spacial score (nSPS) is 16.5. The van der Waals surface area contributed by atoms with Gasteiger partial charge in [-0.25, -0.2) is 4.39 Å². The molecule has 5 heteroatoms. The van der Waals surface area contributed by atoms with E-state index in [0.717, 1.165) is 16.7 Å². The summed E-state index contributed by atoms with van der Waals surface area (Å²) in [6.45, 7) is 0. The van der Waals surface area contributed by atoms with Crippen molar-refractivity contribution in [3.8, 4) is 11.1 Å². The Balaban J connectivity index is 1.52. The van der Waals surface area contributed by atoms with Crippen molar-refractivity contribution >= 4 is 11.6 Å². The summed E-state index contributed by atoms with van der Waals surface area (Å²) in [7, 11) is 0. The second-order valence-corrected chi connectivity index (χ2v) is 6.70. The van der Waals surface area contributed by atoms with Crippen molar-refractivity contribution in [3.63, 3.8) is 0 Å². The first-order chi connectivity index (χ1) is 13.6. The number of hydrogen-bond acceptors (Lipinski definition) is 3. The summed E-state index contributed by atoms with van der Waals surface area (Å²) in [5.41, 5.74) is 4.46.